The van der Waals surface area contributed by atoms with Crippen LogP contribution < -0.4 is 0 Å². The van der Waals surface area contributed by atoms with Crippen molar-refractivity contribution in [1.29, 1.82) is 0 Å². The summed E-state index contributed by atoms with van der Waals surface area (Å²) in [6.07, 6.45) is 18.7. The first-order chi connectivity index (χ1) is 10.7. The maximum Gasteiger partial charge on any atom is 0.0540 e. The fraction of sp³-hybridized carbons (Fsp3) is 1.00. The van der Waals surface area contributed by atoms with E-state index in [1.807, 2.05) is 0 Å². The van der Waals surface area contributed by atoms with Crippen LogP contribution in [0.25, 0.3) is 0 Å². The van der Waals surface area contributed by atoms with E-state index in [9.17, 15) is 10.2 Å². The topological polar surface area (TPSA) is 40.5 Å². The monoisotopic (exact) mass is 314 g/mol. The van der Waals surface area contributed by atoms with E-state index in [4.69, 9.17) is 0 Å². The van der Waals surface area contributed by atoms with E-state index in [0.717, 1.165) is 44.9 Å². The Morgan fingerprint density at radius 3 is 1.23 bits per heavy atom. The van der Waals surface area contributed by atoms with Crippen LogP contribution in [0.5, 0.6) is 0 Å². The van der Waals surface area contributed by atoms with Gasteiger partial charge in [-0.3, -0.25) is 0 Å². The molecule has 0 amide bonds. The SMILES string of the molecule is CCCCCCCCC(O)CCCCCCCC(O)CCC. The van der Waals surface area contributed by atoms with Crippen molar-refractivity contribution in [1.82, 2.24) is 0 Å². The second-order valence-electron chi connectivity index (χ2n) is 7.00. The second kappa shape index (κ2) is 17.3. The van der Waals surface area contributed by atoms with E-state index in [1.165, 1.54) is 57.8 Å². The van der Waals surface area contributed by atoms with Gasteiger partial charge in [-0.2, -0.15) is 0 Å². The van der Waals surface area contributed by atoms with Crippen molar-refractivity contribution in [3.63, 3.8) is 0 Å². The molecule has 0 fully saturated rings. The fourth-order valence-electron chi connectivity index (χ4n) is 3.07. The molecule has 0 aromatic carbocycles. The molecule has 2 nitrogen and oxygen atoms in total. The molecule has 0 aliphatic rings. The van der Waals surface area contributed by atoms with E-state index in [-0.39, 0.29) is 12.2 Å². The average Bonchev–Trinajstić information content (AvgIpc) is 2.50. The highest BCUT2D eigenvalue weighted by atomic mass is 16.3. The smallest absolute Gasteiger partial charge is 0.0540 e. The van der Waals surface area contributed by atoms with Gasteiger partial charge in [0, 0.05) is 0 Å². The van der Waals surface area contributed by atoms with Gasteiger partial charge in [-0.05, 0) is 25.7 Å². The molecular weight excluding hydrogens is 272 g/mol. The van der Waals surface area contributed by atoms with E-state index < -0.39 is 0 Å². The van der Waals surface area contributed by atoms with Crippen LogP contribution in [0.1, 0.15) is 117 Å². The van der Waals surface area contributed by atoms with Gasteiger partial charge in [-0.25, -0.2) is 0 Å². The molecule has 2 heteroatoms. The lowest BCUT2D eigenvalue weighted by Crippen LogP contribution is -2.06. The van der Waals surface area contributed by atoms with Crippen molar-refractivity contribution in [3.05, 3.63) is 0 Å². The summed E-state index contributed by atoms with van der Waals surface area (Å²) >= 11 is 0. The summed E-state index contributed by atoms with van der Waals surface area (Å²) in [7, 11) is 0. The maximum atomic E-state index is 9.95. The average molecular weight is 315 g/mol. The molecule has 0 aliphatic carbocycles. The van der Waals surface area contributed by atoms with E-state index in [2.05, 4.69) is 13.8 Å². The molecule has 0 radical (unpaired) electrons. The Morgan fingerprint density at radius 2 is 0.818 bits per heavy atom. The second-order valence-corrected chi connectivity index (χ2v) is 7.00. The summed E-state index contributed by atoms with van der Waals surface area (Å²) in [6.45, 7) is 4.37. The van der Waals surface area contributed by atoms with Crippen molar-refractivity contribution >= 4 is 0 Å². The van der Waals surface area contributed by atoms with Gasteiger partial charge >= 0.3 is 0 Å². The molecule has 0 saturated carbocycles. The fourth-order valence-corrected chi connectivity index (χ4v) is 3.07. The van der Waals surface area contributed by atoms with E-state index in [1.54, 1.807) is 0 Å². The van der Waals surface area contributed by atoms with Crippen LogP contribution in [0.4, 0.5) is 0 Å². The highest BCUT2D eigenvalue weighted by molar-refractivity contribution is 4.58. The first kappa shape index (κ1) is 21.9. The summed E-state index contributed by atoms with van der Waals surface area (Å²) in [5.41, 5.74) is 0. The number of unbranched alkanes of at least 4 members (excludes halogenated alkanes) is 9. The lowest BCUT2D eigenvalue weighted by atomic mass is 10.0. The molecular formula is C20H42O2. The van der Waals surface area contributed by atoms with Crippen molar-refractivity contribution in [2.45, 2.75) is 129 Å². The molecule has 0 heterocycles. The molecule has 0 aromatic rings. The molecule has 134 valence electrons. The van der Waals surface area contributed by atoms with Crippen LogP contribution >= 0.6 is 0 Å². The van der Waals surface area contributed by atoms with Gasteiger partial charge in [0.1, 0.15) is 0 Å². The summed E-state index contributed by atoms with van der Waals surface area (Å²) in [5, 5.41) is 19.6. The minimum atomic E-state index is -0.0795. The molecule has 0 spiro atoms. The van der Waals surface area contributed by atoms with Crippen LogP contribution in [0, 0.1) is 0 Å². The number of aliphatic hydroxyl groups is 2. The van der Waals surface area contributed by atoms with Crippen LogP contribution in [0.2, 0.25) is 0 Å². The van der Waals surface area contributed by atoms with Crippen LogP contribution in [0.3, 0.4) is 0 Å². The molecule has 2 unspecified atom stereocenters. The molecule has 0 aromatic heterocycles. The Balaban J connectivity index is 3.19. The molecule has 22 heavy (non-hydrogen) atoms. The van der Waals surface area contributed by atoms with Crippen LogP contribution in [-0.2, 0) is 0 Å². The Labute approximate surface area is 139 Å². The summed E-state index contributed by atoms with van der Waals surface area (Å²) < 4.78 is 0. The largest absolute Gasteiger partial charge is 0.393 e. The lowest BCUT2D eigenvalue weighted by Gasteiger charge is -2.11. The zero-order valence-electron chi connectivity index (χ0n) is 15.4. The lowest BCUT2D eigenvalue weighted by molar-refractivity contribution is 0.145. The molecule has 0 saturated heterocycles. The molecule has 0 bridgehead atoms. The van der Waals surface area contributed by atoms with Crippen molar-refractivity contribution in [2.24, 2.45) is 0 Å². The third kappa shape index (κ3) is 16.3. The number of hydrogen-bond donors (Lipinski definition) is 2. The van der Waals surface area contributed by atoms with Gasteiger partial charge in [0.2, 0.25) is 0 Å². The first-order valence-electron chi connectivity index (χ1n) is 10.1. The quantitative estimate of drug-likeness (QED) is 0.324. The minimum Gasteiger partial charge on any atom is -0.393 e. The normalized spacial score (nSPS) is 14.2. The molecule has 2 atom stereocenters. The summed E-state index contributed by atoms with van der Waals surface area (Å²) in [5.74, 6) is 0. The van der Waals surface area contributed by atoms with Crippen molar-refractivity contribution < 1.29 is 10.2 Å². The summed E-state index contributed by atoms with van der Waals surface area (Å²) in [6, 6.07) is 0. The Hall–Kier alpha value is -0.0800. The van der Waals surface area contributed by atoms with Gasteiger partial charge in [0.25, 0.3) is 0 Å². The number of rotatable bonds is 17. The highest BCUT2D eigenvalue weighted by Crippen LogP contribution is 2.15. The minimum absolute atomic E-state index is 0.0717. The molecule has 0 aliphatic heterocycles. The Morgan fingerprint density at radius 1 is 0.455 bits per heavy atom. The standard InChI is InChI=1S/C20H42O2/c1-3-5-6-7-9-13-17-20(22)18-14-11-8-10-12-16-19(21)15-4-2/h19-22H,3-18H2,1-2H3. The Kier molecular flexibility index (Phi) is 17.2. The predicted octanol–water partition coefficient (Wildman–Crippen LogP) is 5.99. The van der Waals surface area contributed by atoms with Crippen molar-refractivity contribution in [2.75, 3.05) is 0 Å². The van der Waals surface area contributed by atoms with Gasteiger partial charge in [-0.15, -0.1) is 0 Å². The van der Waals surface area contributed by atoms with Crippen molar-refractivity contribution in [3.8, 4) is 0 Å². The maximum absolute atomic E-state index is 9.95. The van der Waals surface area contributed by atoms with E-state index >= 15 is 0 Å². The third-order valence-electron chi connectivity index (χ3n) is 4.59. The number of aliphatic hydroxyl groups excluding tert-OH is 2. The third-order valence-corrected chi connectivity index (χ3v) is 4.59. The molecule has 0 rings (SSSR count). The zero-order valence-corrected chi connectivity index (χ0v) is 15.4. The van der Waals surface area contributed by atoms with Crippen LogP contribution in [-0.4, -0.2) is 22.4 Å². The first-order valence-corrected chi connectivity index (χ1v) is 10.1. The van der Waals surface area contributed by atoms with Gasteiger partial charge < -0.3 is 10.2 Å². The van der Waals surface area contributed by atoms with Gasteiger partial charge in [0.15, 0.2) is 0 Å². The van der Waals surface area contributed by atoms with Gasteiger partial charge in [0.05, 0.1) is 12.2 Å². The van der Waals surface area contributed by atoms with Crippen LogP contribution in [0.15, 0.2) is 0 Å². The predicted molar refractivity (Wildman–Crippen MR) is 97.2 cm³/mol. The van der Waals surface area contributed by atoms with Gasteiger partial charge in [-0.1, -0.05) is 90.9 Å². The summed E-state index contributed by atoms with van der Waals surface area (Å²) in [4.78, 5) is 0. The highest BCUT2D eigenvalue weighted by Gasteiger charge is 2.04. The van der Waals surface area contributed by atoms with E-state index in [0.29, 0.717) is 0 Å². The molecule has 2 N–H and O–H groups in total. The zero-order chi connectivity index (χ0) is 16.5. The number of hydrogen-bond acceptors (Lipinski definition) is 2. The Bertz CT molecular complexity index is 206.